The van der Waals surface area contributed by atoms with E-state index in [4.69, 9.17) is 17.0 Å². The van der Waals surface area contributed by atoms with Crippen molar-refractivity contribution in [2.45, 2.75) is 39.0 Å². The highest BCUT2D eigenvalue weighted by molar-refractivity contribution is 7.80. The molecule has 0 bridgehead atoms. The van der Waals surface area contributed by atoms with Crippen molar-refractivity contribution in [3.8, 4) is 5.75 Å². The van der Waals surface area contributed by atoms with Gasteiger partial charge in [-0.2, -0.15) is 0 Å². The first-order valence-electron chi connectivity index (χ1n) is 10.7. The Bertz CT molecular complexity index is 1030. The van der Waals surface area contributed by atoms with Crippen molar-refractivity contribution in [3.05, 3.63) is 59.7 Å². The molecule has 174 valence electrons. The number of rotatable bonds is 6. The lowest BCUT2D eigenvalue weighted by Crippen LogP contribution is -2.49. The van der Waals surface area contributed by atoms with E-state index in [1.807, 2.05) is 24.3 Å². The number of anilines is 1. The third kappa shape index (κ3) is 7.57. The van der Waals surface area contributed by atoms with Gasteiger partial charge in [-0.15, -0.1) is 0 Å². The van der Waals surface area contributed by atoms with E-state index < -0.39 is 11.8 Å². The standard InChI is InChI=1S/C24H28N4O4S/c1-24(2,3)17-8-12-19(13-9-17)32-14-20(29)26-23(33)28-27-22(31)16-6-10-18(11-7-16)25-21(30)15-4-5-15/h6-13,15H,4-5,14H2,1-3H3,(H,25,30)(H,27,31)(H2,26,28,29,33). The fourth-order valence-corrected chi connectivity index (χ4v) is 3.04. The maximum atomic E-state index is 12.2. The van der Waals surface area contributed by atoms with Crippen LogP contribution < -0.4 is 26.2 Å². The molecule has 2 aromatic rings. The normalized spacial score (nSPS) is 12.9. The van der Waals surface area contributed by atoms with E-state index in [9.17, 15) is 14.4 Å². The third-order valence-electron chi connectivity index (χ3n) is 5.00. The number of hydrogen-bond acceptors (Lipinski definition) is 5. The first-order valence-corrected chi connectivity index (χ1v) is 11.1. The Morgan fingerprint density at radius 3 is 2.18 bits per heavy atom. The molecule has 1 fully saturated rings. The van der Waals surface area contributed by atoms with Gasteiger partial charge in [-0.3, -0.25) is 30.6 Å². The van der Waals surface area contributed by atoms with E-state index in [1.54, 1.807) is 24.3 Å². The molecular weight excluding hydrogens is 440 g/mol. The fraction of sp³-hybridized carbons (Fsp3) is 0.333. The highest BCUT2D eigenvalue weighted by Crippen LogP contribution is 2.30. The Labute approximate surface area is 198 Å². The van der Waals surface area contributed by atoms with Gasteiger partial charge in [0.25, 0.3) is 11.8 Å². The zero-order valence-electron chi connectivity index (χ0n) is 18.9. The highest BCUT2D eigenvalue weighted by atomic mass is 32.1. The second-order valence-electron chi connectivity index (χ2n) is 8.86. The van der Waals surface area contributed by atoms with Gasteiger partial charge in [0.15, 0.2) is 11.7 Å². The number of benzene rings is 2. The number of hydrogen-bond donors (Lipinski definition) is 4. The van der Waals surface area contributed by atoms with Gasteiger partial charge in [0.05, 0.1) is 0 Å². The molecule has 33 heavy (non-hydrogen) atoms. The lowest BCUT2D eigenvalue weighted by atomic mass is 9.87. The van der Waals surface area contributed by atoms with Gasteiger partial charge in [-0.25, -0.2) is 0 Å². The molecule has 1 saturated carbocycles. The summed E-state index contributed by atoms with van der Waals surface area (Å²) in [5.74, 6) is -0.227. The van der Waals surface area contributed by atoms with Crippen LogP contribution in [0.5, 0.6) is 5.75 Å². The molecular formula is C24H28N4O4S. The number of carbonyl (C=O) groups excluding carboxylic acids is 3. The summed E-state index contributed by atoms with van der Waals surface area (Å²) in [5.41, 5.74) is 7.09. The van der Waals surface area contributed by atoms with E-state index in [1.165, 1.54) is 0 Å². The maximum Gasteiger partial charge on any atom is 0.269 e. The summed E-state index contributed by atoms with van der Waals surface area (Å²) in [4.78, 5) is 36.0. The number of carbonyl (C=O) groups is 3. The average Bonchev–Trinajstić information content (AvgIpc) is 3.62. The van der Waals surface area contributed by atoms with E-state index in [0.717, 1.165) is 18.4 Å². The minimum Gasteiger partial charge on any atom is -0.484 e. The Morgan fingerprint density at radius 1 is 0.970 bits per heavy atom. The van der Waals surface area contributed by atoms with Crippen LogP contribution in [0.15, 0.2) is 48.5 Å². The molecule has 0 aromatic heterocycles. The van der Waals surface area contributed by atoms with Gasteiger partial charge >= 0.3 is 0 Å². The Morgan fingerprint density at radius 2 is 1.61 bits per heavy atom. The van der Waals surface area contributed by atoms with Gasteiger partial charge in [0.1, 0.15) is 5.75 Å². The quantitative estimate of drug-likeness (QED) is 0.383. The smallest absolute Gasteiger partial charge is 0.269 e. The zero-order chi connectivity index (χ0) is 24.0. The van der Waals surface area contributed by atoms with Gasteiger partial charge in [-0.05, 0) is 72.4 Å². The second-order valence-corrected chi connectivity index (χ2v) is 9.27. The van der Waals surface area contributed by atoms with Crippen LogP contribution >= 0.6 is 12.2 Å². The predicted molar refractivity (Wildman–Crippen MR) is 130 cm³/mol. The highest BCUT2D eigenvalue weighted by Gasteiger charge is 2.29. The van der Waals surface area contributed by atoms with Crippen molar-refractivity contribution in [3.63, 3.8) is 0 Å². The summed E-state index contributed by atoms with van der Waals surface area (Å²) >= 11 is 5.03. The molecule has 0 spiro atoms. The van der Waals surface area contributed by atoms with Crippen molar-refractivity contribution in [1.82, 2.24) is 16.2 Å². The molecule has 1 aliphatic carbocycles. The number of hydrazine groups is 1. The molecule has 3 amide bonds. The number of thiocarbonyl (C=S) groups is 1. The monoisotopic (exact) mass is 468 g/mol. The van der Waals surface area contributed by atoms with Gasteiger partial charge in [-0.1, -0.05) is 32.9 Å². The van der Waals surface area contributed by atoms with Crippen molar-refractivity contribution < 1.29 is 19.1 Å². The molecule has 1 aliphatic rings. The molecule has 3 rings (SSSR count). The number of ether oxygens (including phenoxy) is 1. The molecule has 0 unspecified atom stereocenters. The van der Waals surface area contributed by atoms with Crippen molar-refractivity contribution in [1.29, 1.82) is 0 Å². The lowest BCUT2D eigenvalue weighted by Gasteiger charge is -2.19. The van der Waals surface area contributed by atoms with Crippen LogP contribution in [0.3, 0.4) is 0 Å². The SMILES string of the molecule is CC(C)(C)c1ccc(OCC(=O)NC(=S)NNC(=O)c2ccc(NC(=O)C3CC3)cc2)cc1. The second kappa shape index (κ2) is 10.4. The summed E-state index contributed by atoms with van der Waals surface area (Å²) in [6, 6.07) is 14.0. The van der Waals surface area contributed by atoms with Gasteiger partial charge in [0.2, 0.25) is 5.91 Å². The van der Waals surface area contributed by atoms with Crippen LogP contribution in [0.4, 0.5) is 5.69 Å². The van der Waals surface area contributed by atoms with Crippen LogP contribution in [0.25, 0.3) is 0 Å². The van der Waals surface area contributed by atoms with Crippen molar-refractivity contribution in [2.75, 3.05) is 11.9 Å². The maximum absolute atomic E-state index is 12.2. The molecule has 0 heterocycles. The minimum absolute atomic E-state index is 0.000796. The molecule has 4 N–H and O–H groups in total. The molecule has 9 heteroatoms. The van der Waals surface area contributed by atoms with E-state index in [2.05, 4.69) is 42.3 Å². The zero-order valence-corrected chi connectivity index (χ0v) is 19.7. The molecule has 0 aliphatic heterocycles. The summed E-state index contributed by atoms with van der Waals surface area (Å²) in [6.45, 7) is 6.13. The number of amides is 3. The summed E-state index contributed by atoms with van der Waals surface area (Å²) in [6.07, 6.45) is 1.84. The molecule has 2 aromatic carbocycles. The molecule has 0 saturated heterocycles. The van der Waals surface area contributed by atoms with Crippen molar-refractivity contribution >= 4 is 40.7 Å². The number of nitrogens with one attached hydrogen (secondary N) is 4. The molecule has 0 atom stereocenters. The first kappa shape index (κ1) is 24.2. The van der Waals surface area contributed by atoms with E-state index in [-0.39, 0.29) is 29.0 Å². The van der Waals surface area contributed by atoms with Crippen LogP contribution in [-0.2, 0) is 15.0 Å². The summed E-state index contributed by atoms with van der Waals surface area (Å²) in [7, 11) is 0. The van der Waals surface area contributed by atoms with Gasteiger partial charge < -0.3 is 10.1 Å². The van der Waals surface area contributed by atoms with Crippen LogP contribution in [0.2, 0.25) is 0 Å². The van der Waals surface area contributed by atoms with E-state index in [0.29, 0.717) is 17.0 Å². The fourth-order valence-electron chi connectivity index (χ4n) is 2.87. The first-order chi connectivity index (χ1) is 15.6. The van der Waals surface area contributed by atoms with Crippen molar-refractivity contribution in [2.24, 2.45) is 5.92 Å². The van der Waals surface area contributed by atoms with Crippen LogP contribution in [0, 0.1) is 5.92 Å². The largest absolute Gasteiger partial charge is 0.484 e. The topological polar surface area (TPSA) is 109 Å². The minimum atomic E-state index is -0.461. The van der Waals surface area contributed by atoms with Crippen LogP contribution in [0.1, 0.15) is 49.5 Å². The average molecular weight is 469 g/mol. The lowest BCUT2D eigenvalue weighted by molar-refractivity contribution is -0.121. The Hall–Kier alpha value is -3.46. The Kier molecular flexibility index (Phi) is 7.65. The van der Waals surface area contributed by atoms with E-state index >= 15 is 0 Å². The molecule has 8 nitrogen and oxygen atoms in total. The van der Waals surface area contributed by atoms with Gasteiger partial charge in [0, 0.05) is 17.2 Å². The predicted octanol–water partition coefficient (Wildman–Crippen LogP) is 3.05. The Balaban J connectivity index is 1.38. The molecule has 0 radical (unpaired) electrons. The van der Waals surface area contributed by atoms with Crippen LogP contribution in [-0.4, -0.2) is 29.4 Å². The summed E-state index contributed by atoms with van der Waals surface area (Å²) < 4.78 is 5.47. The third-order valence-corrected chi connectivity index (χ3v) is 5.20. The summed E-state index contributed by atoms with van der Waals surface area (Å²) in [5, 5.41) is 5.18.